The molecule has 18 heavy (non-hydrogen) atoms. The minimum atomic E-state index is 0.208. The van der Waals surface area contributed by atoms with Crippen molar-refractivity contribution < 1.29 is 4.74 Å². The number of hydrogen-bond acceptors (Lipinski definition) is 4. The Morgan fingerprint density at radius 2 is 2.11 bits per heavy atom. The van der Waals surface area contributed by atoms with Crippen LogP contribution in [0.4, 0.5) is 0 Å². The maximum absolute atomic E-state index is 5.80. The van der Waals surface area contributed by atoms with Gasteiger partial charge in [-0.05, 0) is 37.2 Å². The van der Waals surface area contributed by atoms with Gasteiger partial charge in [0.15, 0.2) is 0 Å². The third-order valence-electron chi connectivity index (χ3n) is 3.44. The number of aromatic nitrogens is 2. The molecule has 0 atom stereocenters. The van der Waals surface area contributed by atoms with Gasteiger partial charge >= 0.3 is 6.01 Å². The molecule has 1 aromatic heterocycles. The highest BCUT2D eigenvalue weighted by Gasteiger charge is 2.28. The van der Waals surface area contributed by atoms with Gasteiger partial charge in [-0.3, -0.25) is 0 Å². The Hall–Kier alpha value is -1.23. The van der Waals surface area contributed by atoms with Gasteiger partial charge in [0, 0.05) is 6.20 Å². The fourth-order valence-electron chi connectivity index (χ4n) is 2.17. The number of ether oxygens (including phenoxy) is 1. The Bertz CT molecular complexity index is 438. The number of rotatable bonds is 3. The second-order valence-electron chi connectivity index (χ2n) is 5.57. The van der Waals surface area contributed by atoms with E-state index >= 15 is 0 Å². The fourth-order valence-corrected chi connectivity index (χ4v) is 2.29. The highest BCUT2D eigenvalue weighted by atomic mass is 32.1. The van der Waals surface area contributed by atoms with Crippen molar-refractivity contribution in [3.05, 3.63) is 18.0 Å². The zero-order valence-corrected chi connectivity index (χ0v) is 11.7. The van der Waals surface area contributed by atoms with Crippen LogP contribution >= 0.6 is 12.2 Å². The molecule has 0 spiro atoms. The van der Waals surface area contributed by atoms with Crippen LogP contribution in [0.3, 0.4) is 0 Å². The van der Waals surface area contributed by atoms with Crippen LogP contribution in [0, 0.1) is 5.41 Å². The number of nitrogens with two attached hydrogens (primary N) is 1. The van der Waals surface area contributed by atoms with Gasteiger partial charge in [0.25, 0.3) is 0 Å². The van der Waals surface area contributed by atoms with Crippen molar-refractivity contribution >= 4 is 17.2 Å². The lowest BCUT2D eigenvalue weighted by Crippen LogP contribution is -2.29. The molecular formula is C13H19N3OS. The maximum Gasteiger partial charge on any atom is 0.317 e. The molecule has 0 bridgehead atoms. The van der Waals surface area contributed by atoms with Gasteiger partial charge in [0.2, 0.25) is 0 Å². The van der Waals surface area contributed by atoms with E-state index < -0.39 is 0 Å². The van der Waals surface area contributed by atoms with Crippen molar-refractivity contribution in [1.82, 2.24) is 9.97 Å². The van der Waals surface area contributed by atoms with E-state index in [1.54, 1.807) is 12.3 Å². The Morgan fingerprint density at radius 1 is 1.44 bits per heavy atom. The molecule has 1 heterocycles. The number of hydrogen-bond donors (Lipinski definition) is 1. The molecule has 1 aromatic rings. The van der Waals surface area contributed by atoms with E-state index in [0.717, 1.165) is 12.8 Å². The van der Waals surface area contributed by atoms with E-state index in [1.165, 1.54) is 12.8 Å². The molecule has 1 aliphatic carbocycles. The van der Waals surface area contributed by atoms with E-state index in [1.807, 2.05) is 0 Å². The molecule has 1 saturated carbocycles. The monoisotopic (exact) mass is 265 g/mol. The molecule has 4 nitrogen and oxygen atoms in total. The quantitative estimate of drug-likeness (QED) is 0.851. The summed E-state index contributed by atoms with van der Waals surface area (Å²) in [6, 6.07) is 2.07. The molecule has 0 aromatic carbocycles. The van der Waals surface area contributed by atoms with Crippen LogP contribution < -0.4 is 10.5 Å². The van der Waals surface area contributed by atoms with Crippen molar-refractivity contribution in [1.29, 1.82) is 0 Å². The van der Waals surface area contributed by atoms with E-state index in [4.69, 9.17) is 22.7 Å². The van der Waals surface area contributed by atoms with E-state index in [2.05, 4.69) is 23.8 Å². The van der Waals surface area contributed by atoms with Crippen molar-refractivity contribution in [2.45, 2.75) is 45.6 Å². The lowest BCUT2D eigenvalue weighted by molar-refractivity contribution is 0.0906. The van der Waals surface area contributed by atoms with E-state index in [-0.39, 0.29) is 11.1 Å². The first-order valence-corrected chi connectivity index (χ1v) is 6.67. The normalized spacial score (nSPS) is 19.4. The van der Waals surface area contributed by atoms with Crippen LogP contribution in [0.15, 0.2) is 12.3 Å². The second kappa shape index (κ2) is 5.18. The summed E-state index contributed by atoms with van der Waals surface area (Å²) in [6.45, 7) is 4.60. The summed E-state index contributed by atoms with van der Waals surface area (Å²) in [6.07, 6.45) is 6.28. The topological polar surface area (TPSA) is 61.0 Å². The molecule has 0 unspecified atom stereocenters. The molecule has 2 rings (SSSR count). The highest BCUT2D eigenvalue weighted by Crippen LogP contribution is 2.36. The average molecular weight is 265 g/mol. The largest absolute Gasteiger partial charge is 0.460 e. The molecule has 0 radical (unpaired) electrons. The highest BCUT2D eigenvalue weighted by molar-refractivity contribution is 7.80. The molecular weight excluding hydrogens is 246 g/mol. The fraction of sp³-hybridized carbons (Fsp3) is 0.615. The summed E-state index contributed by atoms with van der Waals surface area (Å²) in [5.74, 6) is 0. The zero-order valence-electron chi connectivity index (χ0n) is 10.8. The number of nitrogens with zero attached hydrogens (tertiary/aromatic N) is 2. The molecule has 2 N–H and O–H groups in total. The first-order valence-electron chi connectivity index (χ1n) is 6.26. The van der Waals surface area contributed by atoms with E-state index in [0.29, 0.717) is 17.1 Å². The summed E-state index contributed by atoms with van der Waals surface area (Å²) < 4.78 is 5.80. The first kappa shape index (κ1) is 13.2. The minimum absolute atomic E-state index is 0.208. The van der Waals surface area contributed by atoms with Gasteiger partial charge in [0.05, 0.1) is 0 Å². The maximum atomic E-state index is 5.80. The van der Waals surface area contributed by atoms with Crippen molar-refractivity contribution in [3.8, 4) is 6.01 Å². The van der Waals surface area contributed by atoms with Crippen LogP contribution in [0.5, 0.6) is 6.01 Å². The van der Waals surface area contributed by atoms with Gasteiger partial charge in [-0.15, -0.1) is 0 Å². The molecule has 1 fully saturated rings. The SMILES string of the molecule is CC1(C)CCC(Oc2nccc(C(N)=S)n2)CC1. The lowest BCUT2D eigenvalue weighted by Gasteiger charge is -2.33. The second-order valence-corrected chi connectivity index (χ2v) is 6.01. The third-order valence-corrected chi connectivity index (χ3v) is 3.65. The number of thiocarbonyl (C=S) groups is 1. The molecule has 5 heteroatoms. The van der Waals surface area contributed by atoms with Crippen LogP contribution in [-0.4, -0.2) is 21.1 Å². The van der Waals surface area contributed by atoms with Gasteiger partial charge in [-0.25, -0.2) is 4.98 Å². The Labute approximate surface area is 113 Å². The standard InChI is InChI=1S/C13H19N3OS/c1-13(2)6-3-9(4-7-13)17-12-15-8-5-10(16-12)11(14)18/h5,8-9H,3-4,6-7H2,1-2H3,(H2,14,18). The first-order chi connectivity index (χ1) is 8.46. The predicted molar refractivity (Wildman–Crippen MR) is 74.6 cm³/mol. The summed E-state index contributed by atoms with van der Waals surface area (Å²) in [5.41, 5.74) is 6.53. The van der Waals surface area contributed by atoms with Gasteiger partial charge < -0.3 is 10.5 Å². The molecule has 0 amide bonds. The van der Waals surface area contributed by atoms with Crippen molar-refractivity contribution in [2.75, 3.05) is 0 Å². The van der Waals surface area contributed by atoms with Crippen molar-refractivity contribution in [3.63, 3.8) is 0 Å². The van der Waals surface area contributed by atoms with Gasteiger partial charge in [-0.1, -0.05) is 26.1 Å². The molecule has 0 saturated heterocycles. The van der Waals surface area contributed by atoms with Gasteiger partial charge in [-0.2, -0.15) is 4.98 Å². The van der Waals surface area contributed by atoms with Crippen LogP contribution in [-0.2, 0) is 0 Å². The molecule has 0 aliphatic heterocycles. The summed E-state index contributed by atoms with van der Waals surface area (Å²) in [5, 5.41) is 0. The van der Waals surface area contributed by atoms with Crippen LogP contribution in [0.2, 0.25) is 0 Å². The molecule has 1 aliphatic rings. The zero-order chi connectivity index (χ0) is 13.2. The lowest BCUT2D eigenvalue weighted by atomic mass is 9.76. The minimum Gasteiger partial charge on any atom is -0.460 e. The smallest absolute Gasteiger partial charge is 0.317 e. The predicted octanol–water partition coefficient (Wildman–Crippen LogP) is 2.46. The molecule has 98 valence electrons. The van der Waals surface area contributed by atoms with Crippen molar-refractivity contribution in [2.24, 2.45) is 11.1 Å². The van der Waals surface area contributed by atoms with Gasteiger partial charge in [0.1, 0.15) is 16.8 Å². The Morgan fingerprint density at radius 3 is 2.72 bits per heavy atom. The summed E-state index contributed by atoms with van der Waals surface area (Å²) in [7, 11) is 0. The van der Waals surface area contributed by atoms with E-state index in [9.17, 15) is 0 Å². The third kappa shape index (κ3) is 3.38. The van der Waals surface area contributed by atoms with Crippen LogP contribution in [0.1, 0.15) is 45.2 Å². The Kier molecular flexibility index (Phi) is 3.80. The summed E-state index contributed by atoms with van der Waals surface area (Å²) in [4.78, 5) is 8.58. The summed E-state index contributed by atoms with van der Waals surface area (Å²) >= 11 is 4.89. The Balaban J connectivity index is 1.98. The van der Waals surface area contributed by atoms with Crippen LogP contribution in [0.25, 0.3) is 0 Å². The average Bonchev–Trinajstić information content (AvgIpc) is 2.32.